The summed E-state index contributed by atoms with van der Waals surface area (Å²) in [6.07, 6.45) is 2.05. The highest BCUT2D eigenvalue weighted by Crippen LogP contribution is 2.27. The number of hydrogen-bond acceptors (Lipinski definition) is 4. The van der Waals surface area contributed by atoms with Gasteiger partial charge in [-0.2, -0.15) is 0 Å². The van der Waals surface area contributed by atoms with Crippen molar-refractivity contribution < 1.29 is 18.0 Å². The lowest BCUT2D eigenvalue weighted by molar-refractivity contribution is -0.140. The Morgan fingerprint density at radius 1 is 0.925 bits per heavy atom. The Labute approximate surface area is 247 Å². The van der Waals surface area contributed by atoms with E-state index < -0.39 is 28.5 Å². The highest BCUT2D eigenvalue weighted by molar-refractivity contribution is 7.92. The van der Waals surface area contributed by atoms with Crippen LogP contribution in [0.25, 0.3) is 0 Å². The summed E-state index contributed by atoms with van der Waals surface area (Å²) in [6, 6.07) is 19.1. The van der Waals surface area contributed by atoms with Crippen LogP contribution < -0.4 is 9.62 Å². The van der Waals surface area contributed by atoms with Gasteiger partial charge in [0, 0.05) is 13.1 Å². The number of carbonyl (C=O) groups is 2. The predicted octanol–water partition coefficient (Wildman–Crippen LogP) is 6.22. The minimum absolute atomic E-state index is 0.0442. The van der Waals surface area contributed by atoms with Crippen molar-refractivity contribution in [2.45, 2.75) is 57.5 Å². The van der Waals surface area contributed by atoms with Crippen LogP contribution >= 0.6 is 23.2 Å². The van der Waals surface area contributed by atoms with E-state index in [2.05, 4.69) is 5.32 Å². The van der Waals surface area contributed by atoms with E-state index in [0.717, 1.165) is 22.7 Å². The summed E-state index contributed by atoms with van der Waals surface area (Å²) in [5, 5.41) is 3.60. The molecule has 3 rings (SSSR count). The average molecular weight is 605 g/mol. The van der Waals surface area contributed by atoms with E-state index in [-0.39, 0.29) is 17.3 Å². The third-order valence-corrected chi connectivity index (χ3v) is 9.01. The van der Waals surface area contributed by atoms with E-state index in [1.54, 1.807) is 60.7 Å². The molecule has 10 heteroatoms. The smallest absolute Gasteiger partial charge is 0.264 e. The van der Waals surface area contributed by atoms with E-state index in [1.807, 2.05) is 20.8 Å². The number of halogens is 2. The summed E-state index contributed by atoms with van der Waals surface area (Å²) in [5.41, 5.74) is 1.95. The monoisotopic (exact) mass is 603 g/mol. The molecular weight excluding hydrogens is 569 g/mol. The molecule has 0 aliphatic carbocycles. The molecule has 0 aromatic heterocycles. The zero-order chi connectivity index (χ0) is 29.3. The number of aryl methyl sites for hydroxylation is 1. The lowest BCUT2D eigenvalue weighted by Crippen LogP contribution is -2.52. The molecule has 0 unspecified atom stereocenters. The van der Waals surface area contributed by atoms with Crippen molar-refractivity contribution in [2.75, 3.05) is 17.4 Å². The fourth-order valence-corrected chi connectivity index (χ4v) is 5.98. The maximum Gasteiger partial charge on any atom is 0.264 e. The summed E-state index contributed by atoms with van der Waals surface area (Å²) < 4.78 is 28.7. The van der Waals surface area contributed by atoms with Gasteiger partial charge in [-0.05, 0) is 61.7 Å². The van der Waals surface area contributed by atoms with Crippen LogP contribution in [0.4, 0.5) is 5.69 Å². The van der Waals surface area contributed by atoms with Gasteiger partial charge in [0.05, 0.1) is 20.6 Å². The van der Waals surface area contributed by atoms with Gasteiger partial charge < -0.3 is 10.2 Å². The first-order valence-corrected chi connectivity index (χ1v) is 15.4. The lowest BCUT2D eigenvalue weighted by atomic mass is 10.1. The van der Waals surface area contributed by atoms with Crippen LogP contribution in [0.1, 0.15) is 44.2 Å². The van der Waals surface area contributed by atoms with Crippen molar-refractivity contribution in [3.63, 3.8) is 0 Å². The highest BCUT2D eigenvalue weighted by atomic mass is 35.5. The third kappa shape index (κ3) is 7.99. The van der Waals surface area contributed by atoms with E-state index in [1.165, 1.54) is 17.0 Å². The summed E-state index contributed by atoms with van der Waals surface area (Å²) >= 11 is 12.3. The van der Waals surface area contributed by atoms with Crippen molar-refractivity contribution >= 4 is 50.7 Å². The first kappa shape index (κ1) is 31.5. The Kier molecular flexibility index (Phi) is 11.4. The number of amides is 2. The second-order valence-corrected chi connectivity index (χ2v) is 12.2. The molecule has 3 aromatic carbocycles. The first-order chi connectivity index (χ1) is 19.1. The van der Waals surface area contributed by atoms with Crippen LogP contribution in [-0.2, 0) is 26.2 Å². The summed E-state index contributed by atoms with van der Waals surface area (Å²) in [4.78, 5) is 28.8. The molecule has 214 valence electrons. The molecule has 0 radical (unpaired) electrons. The number of carbonyl (C=O) groups excluding carboxylic acids is 2. The van der Waals surface area contributed by atoms with E-state index in [9.17, 15) is 18.0 Å². The van der Waals surface area contributed by atoms with Gasteiger partial charge in [0.2, 0.25) is 11.8 Å². The molecule has 0 aliphatic rings. The van der Waals surface area contributed by atoms with Crippen molar-refractivity contribution in [3.05, 3.63) is 94.0 Å². The molecule has 0 spiro atoms. The summed E-state index contributed by atoms with van der Waals surface area (Å²) in [6.45, 7) is 5.77. The number of nitrogens with zero attached hydrogens (tertiary/aromatic N) is 2. The molecule has 0 fully saturated rings. The standard InChI is InChI=1S/C30H35Cl2N3O4S/c1-4-6-18-33-30(37)28(5-2)34(20-23-14-17-26(31)27(32)19-23)29(36)21-35(24-15-12-22(3)13-16-24)40(38,39)25-10-8-7-9-11-25/h7-17,19,28H,4-6,18,20-21H2,1-3H3,(H,33,37)/t28-/m0/s1. The maximum atomic E-state index is 14.0. The number of unbranched alkanes of at least 4 members (excludes halogenated alkanes) is 1. The predicted molar refractivity (Wildman–Crippen MR) is 161 cm³/mol. The van der Waals surface area contributed by atoms with Crippen molar-refractivity contribution in [1.82, 2.24) is 10.2 Å². The molecule has 0 heterocycles. The van der Waals surface area contributed by atoms with Crippen molar-refractivity contribution in [2.24, 2.45) is 0 Å². The number of sulfonamides is 1. The minimum atomic E-state index is -4.10. The molecule has 0 aliphatic heterocycles. The Bertz CT molecular complexity index is 1400. The normalized spacial score (nSPS) is 12.0. The van der Waals surface area contributed by atoms with Gasteiger partial charge >= 0.3 is 0 Å². The molecule has 1 atom stereocenters. The van der Waals surface area contributed by atoms with Gasteiger partial charge in [-0.15, -0.1) is 0 Å². The van der Waals surface area contributed by atoms with Crippen LogP contribution in [-0.4, -0.2) is 44.3 Å². The first-order valence-electron chi connectivity index (χ1n) is 13.2. The topological polar surface area (TPSA) is 86.8 Å². The van der Waals surface area contributed by atoms with Crippen LogP contribution in [0, 0.1) is 6.92 Å². The summed E-state index contributed by atoms with van der Waals surface area (Å²) in [5.74, 6) is -0.819. The fourth-order valence-electron chi connectivity index (χ4n) is 4.22. The Morgan fingerprint density at radius 3 is 2.20 bits per heavy atom. The van der Waals surface area contributed by atoms with Gasteiger partial charge in [0.1, 0.15) is 12.6 Å². The largest absolute Gasteiger partial charge is 0.354 e. The molecule has 2 amide bonds. The average Bonchev–Trinajstić information content (AvgIpc) is 2.94. The van der Waals surface area contributed by atoms with Gasteiger partial charge in [0.25, 0.3) is 10.0 Å². The minimum Gasteiger partial charge on any atom is -0.354 e. The molecule has 40 heavy (non-hydrogen) atoms. The van der Waals surface area contributed by atoms with Crippen molar-refractivity contribution in [1.29, 1.82) is 0 Å². The molecule has 0 saturated heterocycles. The van der Waals surface area contributed by atoms with Gasteiger partial charge in [-0.3, -0.25) is 13.9 Å². The van der Waals surface area contributed by atoms with E-state index >= 15 is 0 Å². The zero-order valence-corrected chi connectivity index (χ0v) is 25.3. The van der Waals surface area contributed by atoms with Crippen LogP contribution in [0.5, 0.6) is 0 Å². The third-order valence-electron chi connectivity index (χ3n) is 6.48. The Balaban J connectivity index is 2.03. The molecule has 1 N–H and O–H groups in total. The number of benzene rings is 3. The fraction of sp³-hybridized carbons (Fsp3) is 0.333. The van der Waals surface area contributed by atoms with Gasteiger partial charge in [-0.25, -0.2) is 8.42 Å². The zero-order valence-electron chi connectivity index (χ0n) is 22.9. The van der Waals surface area contributed by atoms with E-state index in [0.29, 0.717) is 34.3 Å². The van der Waals surface area contributed by atoms with Crippen LogP contribution in [0.2, 0.25) is 10.0 Å². The molecule has 7 nitrogen and oxygen atoms in total. The number of nitrogens with one attached hydrogen (secondary N) is 1. The van der Waals surface area contributed by atoms with Gasteiger partial charge in [-0.1, -0.05) is 85.4 Å². The number of anilines is 1. The molecule has 3 aromatic rings. The molecule has 0 bridgehead atoms. The molecular formula is C30H35Cl2N3O4S. The molecule has 0 saturated carbocycles. The highest BCUT2D eigenvalue weighted by Gasteiger charge is 2.33. The Hall–Kier alpha value is -3.07. The van der Waals surface area contributed by atoms with Crippen LogP contribution in [0.3, 0.4) is 0 Å². The number of rotatable bonds is 13. The van der Waals surface area contributed by atoms with Crippen LogP contribution in [0.15, 0.2) is 77.7 Å². The lowest BCUT2D eigenvalue weighted by Gasteiger charge is -2.33. The second kappa shape index (κ2) is 14.5. The SMILES string of the molecule is CCCCNC(=O)[C@H](CC)N(Cc1ccc(Cl)c(Cl)c1)C(=O)CN(c1ccc(C)cc1)S(=O)(=O)c1ccccc1. The number of hydrogen-bond donors (Lipinski definition) is 1. The maximum absolute atomic E-state index is 14.0. The van der Waals surface area contributed by atoms with Gasteiger partial charge in [0.15, 0.2) is 0 Å². The quantitative estimate of drug-likeness (QED) is 0.235. The summed E-state index contributed by atoms with van der Waals surface area (Å²) in [7, 11) is -4.10. The second-order valence-electron chi connectivity index (χ2n) is 9.50. The Morgan fingerprint density at radius 2 is 1.60 bits per heavy atom. The van der Waals surface area contributed by atoms with Crippen molar-refractivity contribution in [3.8, 4) is 0 Å². The van der Waals surface area contributed by atoms with E-state index in [4.69, 9.17) is 23.2 Å².